The van der Waals surface area contributed by atoms with Gasteiger partial charge in [0.2, 0.25) is 5.91 Å². The molecule has 0 atom stereocenters. The molecule has 1 N–H and O–H groups in total. The van der Waals surface area contributed by atoms with Crippen LogP contribution in [0.25, 0.3) is 0 Å². The van der Waals surface area contributed by atoms with Gasteiger partial charge >= 0.3 is 0 Å². The maximum Gasteiger partial charge on any atom is 0.237 e. The lowest BCUT2D eigenvalue weighted by molar-refractivity contribution is -0.131. The first-order chi connectivity index (χ1) is 11.3. The smallest absolute Gasteiger partial charge is 0.237 e. The van der Waals surface area contributed by atoms with Gasteiger partial charge in [0, 0.05) is 26.7 Å². The minimum atomic E-state index is 0. The van der Waals surface area contributed by atoms with Gasteiger partial charge in [-0.1, -0.05) is 60.7 Å². The molecule has 0 aliphatic carbocycles. The van der Waals surface area contributed by atoms with E-state index < -0.39 is 0 Å². The Labute approximate surface area is 150 Å². The van der Waals surface area contributed by atoms with Crippen LogP contribution in [0, 0.1) is 0 Å². The van der Waals surface area contributed by atoms with Crippen molar-refractivity contribution < 1.29 is 9.53 Å². The van der Waals surface area contributed by atoms with Crippen LogP contribution in [0.4, 0.5) is 0 Å². The lowest BCUT2D eigenvalue weighted by atomic mass is 10.1. The van der Waals surface area contributed by atoms with Crippen molar-refractivity contribution in [1.29, 1.82) is 0 Å². The Hall–Kier alpha value is -1.88. The number of halogens is 1. The van der Waals surface area contributed by atoms with Gasteiger partial charge in [0.25, 0.3) is 0 Å². The SMILES string of the molecule is COCCNCC(=O)N(Cc1ccccc1)Cc1ccccc1.Cl. The molecule has 0 aliphatic rings. The van der Waals surface area contributed by atoms with E-state index in [1.165, 1.54) is 0 Å². The van der Waals surface area contributed by atoms with Gasteiger partial charge in [0.1, 0.15) is 0 Å². The molecule has 2 aromatic carbocycles. The molecule has 0 fully saturated rings. The van der Waals surface area contributed by atoms with Crippen LogP contribution in [0.1, 0.15) is 11.1 Å². The zero-order valence-corrected chi connectivity index (χ0v) is 14.8. The van der Waals surface area contributed by atoms with Crippen molar-refractivity contribution in [2.75, 3.05) is 26.8 Å². The van der Waals surface area contributed by atoms with Gasteiger partial charge in [0.15, 0.2) is 0 Å². The molecule has 0 heterocycles. The number of methoxy groups -OCH3 is 1. The largest absolute Gasteiger partial charge is 0.383 e. The van der Waals surface area contributed by atoms with E-state index >= 15 is 0 Å². The Morgan fingerprint density at radius 3 is 1.92 bits per heavy atom. The van der Waals surface area contributed by atoms with Crippen LogP contribution < -0.4 is 5.32 Å². The second-order valence-corrected chi connectivity index (χ2v) is 5.39. The summed E-state index contributed by atoms with van der Waals surface area (Å²) < 4.78 is 4.99. The molecular formula is C19H25ClN2O2. The Balaban J connectivity index is 0.00000288. The van der Waals surface area contributed by atoms with Crippen molar-refractivity contribution in [3.05, 3.63) is 71.8 Å². The topological polar surface area (TPSA) is 41.6 Å². The van der Waals surface area contributed by atoms with Gasteiger partial charge in [-0.15, -0.1) is 12.4 Å². The van der Waals surface area contributed by atoms with E-state index in [2.05, 4.69) is 5.32 Å². The Morgan fingerprint density at radius 1 is 0.958 bits per heavy atom. The van der Waals surface area contributed by atoms with E-state index in [1.807, 2.05) is 65.6 Å². The summed E-state index contributed by atoms with van der Waals surface area (Å²) in [4.78, 5) is 14.4. The molecule has 24 heavy (non-hydrogen) atoms. The number of hydrogen-bond acceptors (Lipinski definition) is 3. The molecule has 0 aromatic heterocycles. The van der Waals surface area contributed by atoms with Crippen molar-refractivity contribution in [3.8, 4) is 0 Å². The van der Waals surface area contributed by atoms with E-state index in [0.29, 0.717) is 32.8 Å². The summed E-state index contributed by atoms with van der Waals surface area (Å²) in [6.07, 6.45) is 0. The Morgan fingerprint density at radius 2 is 1.46 bits per heavy atom. The quantitative estimate of drug-likeness (QED) is 0.708. The van der Waals surface area contributed by atoms with Gasteiger partial charge in [-0.3, -0.25) is 4.79 Å². The summed E-state index contributed by atoms with van der Waals surface area (Å²) in [5.41, 5.74) is 2.27. The fraction of sp³-hybridized carbons (Fsp3) is 0.316. The third-order valence-corrected chi connectivity index (χ3v) is 3.54. The number of hydrogen-bond donors (Lipinski definition) is 1. The minimum absolute atomic E-state index is 0. The molecule has 2 aromatic rings. The van der Waals surface area contributed by atoms with Crippen molar-refractivity contribution >= 4 is 18.3 Å². The van der Waals surface area contributed by atoms with Crippen molar-refractivity contribution in [1.82, 2.24) is 10.2 Å². The first kappa shape index (κ1) is 20.2. The van der Waals surface area contributed by atoms with Crippen LogP contribution in [0.3, 0.4) is 0 Å². The number of nitrogens with zero attached hydrogens (tertiary/aromatic N) is 1. The number of benzene rings is 2. The maximum atomic E-state index is 12.5. The molecule has 0 bridgehead atoms. The fourth-order valence-corrected chi connectivity index (χ4v) is 2.32. The normalized spacial score (nSPS) is 10.0. The molecule has 5 heteroatoms. The summed E-state index contributed by atoms with van der Waals surface area (Å²) in [6.45, 7) is 2.82. The van der Waals surface area contributed by atoms with E-state index in [9.17, 15) is 4.79 Å². The van der Waals surface area contributed by atoms with Gasteiger partial charge < -0.3 is 15.0 Å². The summed E-state index contributed by atoms with van der Waals surface area (Å²) in [5.74, 6) is 0.0915. The van der Waals surface area contributed by atoms with Crippen LogP contribution in [-0.2, 0) is 22.6 Å². The Kier molecular flexibility index (Phi) is 9.77. The molecule has 130 valence electrons. The molecule has 2 rings (SSSR count). The third kappa shape index (κ3) is 7.13. The molecule has 0 spiro atoms. The van der Waals surface area contributed by atoms with Crippen molar-refractivity contribution in [2.24, 2.45) is 0 Å². The molecule has 0 radical (unpaired) electrons. The highest BCUT2D eigenvalue weighted by atomic mass is 35.5. The van der Waals surface area contributed by atoms with Gasteiger partial charge in [0.05, 0.1) is 13.2 Å². The predicted octanol–water partition coefficient (Wildman–Crippen LogP) is 2.87. The van der Waals surface area contributed by atoms with Gasteiger partial charge in [-0.2, -0.15) is 0 Å². The highest BCUT2D eigenvalue weighted by molar-refractivity contribution is 5.85. The monoisotopic (exact) mass is 348 g/mol. The third-order valence-electron chi connectivity index (χ3n) is 3.54. The number of rotatable bonds is 9. The van der Waals surface area contributed by atoms with Gasteiger partial charge in [-0.05, 0) is 11.1 Å². The second-order valence-electron chi connectivity index (χ2n) is 5.39. The first-order valence-electron chi connectivity index (χ1n) is 7.85. The lowest BCUT2D eigenvalue weighted by Crippen LogP contribution is -2.38. The van der Waals surface area contributed by atoms with Crippen LogP contribution >= 0.6 is 12.4 Å². The number of carbonyl (C=O) groups is 1. The Bertz CT molecular complexity index is 537. The highest BCUT2D eigenvalue weighted by Crippen LogP contribution is 2.10. The molecule has 0 saturated carbocycles. The summed E-state index contributed by atoms with van der Waals surface area (Å²) in [7, 11) is 1.65. The van der Waals surface area contributed by atoms with Crippen LogP contribution in [0.2, 0.25) is 0 Å². The number of nitrogens with one attached hydrogen (secondary N) is 1. The van der Waals surface area contributed by atoms with E-state index in [1.54, 1.807) is 7.11 Å². The van der Waals surface area contributed by atoms with Crippen LogP contribution in [0.15, 0.2) is 60.7 Å². The average Bonchev–Trinajstić information content (AvgIpc) is 2.60. The molecular weight excluding hydrogens is 324 g/mol. The maximum absolute atomic E-state index is 12.5. The highest BCUT2D eigenvalue weighted by Gasteiger charge is 2.14. The van der Waals surface area contributed by atoms with E-state index in [0.717, 1.165) is 11.1 Å². The van der Waals surface area contributed by atoms with E-state index in [4.69, 9.17) is 4.74 Å². The fourth-order valence-electron chi connectivity index (χ4n) is 2.32. The van der Waals surface area contributed by atoms with Crippen LogP contribution in [-0.4, -0.2) is 37.6 Å². The van der Waals surface area contributed by atoms with Gasteiger partial charge in [-0.25, -0.2) is 0 Å². The summed E-state index contributed by atoms with van der Waals surface area (Å²) in [5, 5.41) is 3.12. The lowest BCUT2D eigenvalue weighted by Gasteiger charge is -2.23. The zero-order valence-electron chi connectivity index (χ0n) is 14.0. The zero-order chi connectivity index (χ0) is 16.3. The van der Waals surface area contributed by atoms with Crippen LogP contribution in [0.5, 0.6) is 0 Å². The average molecular weight is 349 g/mol. The summed E-state index contributed by atoms with van der Waals surface area (Å²) in [6, 6.07) is 20.1. The molecule has 0 aliphatic heterocycles. The molecule has 0 unspecified atom stereocenters. The molecule has 4 nitrogen and oxygen atoms in total. The number of amides is 1. The predicted molar refractivity (Wildman–Crippen MR) is 99.1 cm³/mol. The van der Waals surface area contributed by atoms with Crippen molar-refractivity contribution in [2.45, 2.75) is 13.1 Å². The second kappa shape index (κ2) is 11.6. The molecule has 1 amide bonds. The molecule has 0 saturated heterocycles. The standard InChI is InChI=1S/C19H24N2O2.ClH/c1-23-13-12-20-14-19(22)21(15-17-8-4-2-5-9-17)16-18-10-6-3-7-11-18;/h2-11,20H,12-16H2,1H3;1H. The number of carbonyl (C=O) groups excluding carboxylic acids is 1. The minimum Gasteiger partial charge on any atom is -0.383 e. The summed E-state index contributed by atoms with van der Waals surface area (Å²) >= 11 is 0. The van der Waals surface area contributed by atoms with E-state index in [-0.39, 0.29) is 18.3 Å². The number of ether oxygens (including phenoxy) is 1. The van der Waals surface area contributed by atoms with Crippen molar-refractivity contribution in [3.63, 3.8) is 0 Å². The first-order valence-corrected chi connectivity index (χ1v) is 7.85.